The molecule has 2 saturated heterocycles. The lowest BCUT2D eigenvalue weighted by molar-refractivity contribution is -0.0201. The molecule has 0 radical (unpaired) electrons. The number of aliphatic hydroxyl groups excluding tert-OH is 2. The minimum Gasteiger partial charge on any atom is -0.394 e. The second kappa shape index (κ2) is 12.3. The van der Waals surface area contributed by atoms with E-state index in [4.69, 9.17) is 4.74 Å². The molecule has 0 aliphatic carbocycles. The molecule has 3 N–H and O–H groups in total. The van der Waals surface area contributed by atoms with Gasteiger partial charge in [-0.3, -0.25) is 4.90 Å². The fraction of sp³-hybridized carbons (Fsp3) is 0.476. The lowest BCUT2D eigenvalue weighted by atomic mass is 10.0. The smallest absolute Gasteiger partial charge is 0.240 e. The number of halogens is 2. The number of aliphatic hydroxyl groups is 2. The second-order valence-corrected chi connectivity index (χ2v) is 9.52. The van der Waals surface area contributed by atoms with Gasteiger partial charge in [0, 0.05) is 38.9 Å². The van der Waals surface area contributed by atoms with Gasteiger partial charge in [0.15, 0.2) is 0 Å². The summed E-state index contributed by atoms with van der Waals surface area (Å²) in [7, 11) is -3.70. The molecule has 0 amide bonds. The molecular formula is C21H30Cl2N4O5S. The number of pyridine rings is 1. The molecule has 0 saturated carbocycles. The minimum absolute atomic E-state index is 0. The number of nitrogens with zero attached hydrogens (tertiary/aromatic N) is 3. The van der Waals surface area contributed by atoms with Crippen LogP contribution < -0.4 is 9.62 Å². The van der Waals surface area contributed by atoms with Crippen molar-refractivity contribution in [3.05, 3.63) is 54.7 Å². The Hall–Kier alpha value is -1.50. The van der Waals surface area contributed by atoms with Gasteiger partial charge >= 0.3 is 0 Å². The van der Waals surface area contributed by atoms with Crippen molar-refractivity contribution in [2.24, 2.45) is 0 Å². The topological polar surface area (TPSA) is 115 Å². The largest absolute Gasteiger partial charge is 0.394 e. The maximum absolute atomic E-state index is 12.6. The van der Waals surface area contributed by atoms with E-state index in [1.165, 1.54) is 12.1 Å². The summed E-state index contributed by atoms with van der Waals surface area (Å²) in [6.45, 7) is 2.48. The van der Waals surface area contributed by atoms with Crippen LogP contribution in [0.1, 0.15) is 0 Å². The molecule has 1 aromatic heterocycles. The van der Waals surface area contributed by atoms with Gasteiger partial charge in [0.2, 0.25) is 10.0 Å². The van der Waals surface area contributed by atoms with Crippen LogP contribution in [0.4, 0.5) is 5.82 Å². The molecule has 33 heavy (non-hydrogen) atoms. The number of sulfonamides is 1. The van der Waals surface area contributed by atoms with E-state index in [1.807, 2.05) is 18.2 Å². The Balaban J connectivity index is 0.00000193. The first kappa shape index (κ1) is 27.7. The summed E-state index contributed by atoms with van der Waals surface area (Å²) in [6.07, 6.45) is -0.466. The van der Waals surface area contributed by atoms with Gasteiger partial charge in [-0.1, -0.05) is 24.3 Å². The van der Waals surface area contributed by atoms with Crippen LogP contribution in [-0.4, -0.2) is 92.2 Å². The first-order valence-corrected chi connectivity index (χ1v) is 11.9. The molecule has 2 aliphatic heterocycles. The molecule has 2 fully saturated rings. The third kappa shape index (κ3) is 6.34. The Bertz CT molecular complexity index is 950. The average Bonchev–Trinajstić information content (AvgIpc) is 3.14. The van der Waals surface area contributed by atoms with Gasteiger partial charge in [0.1, 0.15) is 18.0 Å². The summed E-state index contributed by atoms with van der Waals surface area (Å²) in [5, 5.41) is 20.4. The van der Waals surface area contributed by atoms with Crippen molar-refractivity contribution in [1.82, 2.24) is 14.6 Å². The number of nitrogens with one attached hydrogen (secondary N) is 1. The molecule has 12 heteroatoms. The van der Waals surface area contributed by atoms with Crippen LogP contribution >= 0.6 is 24.8 Å². The lowest BCUT2D eigenvalue weighted by Crippen LogP contribution is -2.57. The highest BCUT2D eigenvalue weighted by atomic mass is 35.5. The van der Waals surface area contributed by atoms with E-state index in [1.54, 1.807) is 24.4 Å². The zero-order valence-corrected chi connectivity index (χ0v) is 20.4. The number of benzene rings is 1. The van der Waals surface area contributed by atoms with Gasteiger partial charge in [-0.2, -0.15) is 0 Å². The molecule has 184 valence electrons. The quantitative estimate of drug-likeness (QED) is 0.483. The van der Waals surface area contributed by atoms with E-state index in [2.05, 4.69) is 19.5 Å². The van der Waals surface area contributed by atoms with Crippen molar-refractivity contribution < 1.29 is 23.4 Å². The minimum atomic E-state index is -3.70. The maximum atomic E-state index is 12.6. The van der Waals surface area contributed by atoms with Gasteiger partial charge in [0.05, 0.1) is 23.6 Å². The molecule has 3 heterocycles. The Kier molecular flexibility index (Phi) is 10.3. The van der Waals surface area contributed by atoms with E-state index >= 15 is 0 Å². The molecular weight excluding hydrogens is 491 g/mol. The van der Waals surface area contributed by atoms with Gasteiger partial charge in [-0.15, -0.1) is 24.8 Å². The predicted octanol–water partition coefficient (Wildman–Crippen LogP) is 0.515. The van der Waals surface area contributed by atoms with Gasteiger partial charge < -0.3 is 19.8 Å². The molecule has 2 aliphatic rings. The molecule has 1 aromatic carbocycles. The highest BCUT2D eigenvalue weighted by Crippen LogP contribution is 2.27. The third-order valence-corrected chi connectivity index (χ3v) is 7.32. The number of anilines is 1. The summed E-state index contributed by atoms with van der Waals surface area (Å²) in [5.41, 5.74) is 0. The monoisotopic (exact) mass is 520 g/mol. The molecule has 9 nitrogen and oxygen atoms in total. The molecule has 2 aromatic rings. The summed E-state index contributed by atoms with van der Waals surface area (Å²) in [6, 6.07) is 13.5. The number of hydrogen-bond acceptors (Lipinski definition) is 8. The standard InChI is InChI=1S/C21H28N4O5S.2ClH/c26-15-18-21(27)20(25-12-10-24(11-13-25)19-8-4-5-9-22-19)17(30-18)14-23-31(28,29)16-6-2-1-3-7-16;;/h1-9,17-18,20-21,23,26-27H,10-15H2;2*1H/t17-,18+,20+,21-;;/m1../s1. The molecule has 0 bridgehead atoms. The summed E-state index contributed by atoms with van der Waals surface area (Å²) in [5.74, 6) is 0.908. The maximum Gasteiger partial charge on any atom is 0.240 e. The van der Waals surface area contributed by atoms with Crippen molar-refractivity contribution in [1.29, 1.82) is 0 Å². The predicted molar refractivity (Wildman–Crippen MR) is 130 cm³/mol. The molecule has 4 atom stereocenters. The van der Waals surface area contributed by atoms with Crippen molar-refractivity contribution in [2.45, 2.75) is 29.2 Å². The summed E-state index contributed by atoms with van der Waals surface area (Å²) >= 11 is 0. The van der Waals surface area contributed by atoms with E-state index in [0.29, 0.717) is 13.1 Å². The van der Waals surface area contributed by atoms with Crippen molar-refractivity contribution >= 4 is 40.7 Å². The molecule has 0 unspecified atom stereocenters. The van der Waals surface area contributed by atoms with E-state index in [0.717, 1.165) is 18.9 Å². The van der Waals surface area contributed by atoms with Crippen LogP contribution in [-0.2, 0) is 14.8 Å². The third-order valence-electron chi connectivity index (χ3n) is 5.88. The van der Waals surface area contributed by atoms with Crippen LogP contribution in [0.25, 0.3) is 0 Å². The van der Waals surface area contributed by atoms with Crippen LogP contribution in [0, 0.1) is 0 Å². The van der Waals surface area contributed by atoms with Crippen molar-refractivity contribution in [2.75, 3.05) is 44.2 Å². The zero-order chi connectivity index (χ0) is 21.8. The van der Waals surface area contributed by atoms with Crippen LogP contribution in [0.5, 0.6) is 0 Å². The SMILES string of the molecule is Cl.Cl.O=S(=O)(NC[C@H]1O[C@@H](CO)[C@@H](O)[C@H]1N1CCN(c2ccccn2)CC1)c1ccccc1. The zero-order valence-electron chi connectivity index (χ0n) is 17.9. The Morgan fingerprint density at radius 2 is 1.67 bits per heavy atom. The second-order valence-electron chi connectivity index (χ2n) is 7.75. The Labute approximate surface area is 206 Å². The van der Waals surface area contributed by atoms with Crippen molar-refractivity contribution in [3.63, 3.8) is 0 Å². The normalized spacial score (nSPS) is 25.8. The van der Waals surface area contributed by atoms with Gasteiger partial charge in [0.25, 0.3) is 0 Å². The molecule has 4 rings (SSSR count). The highest BCUT2D eigenvalue weighted by Gasteiger charge is 2.47. The Morgan fingerprint density at radius 3 is 2.27 bits per heavy atom. The van der Waals surface area contributed by atoms with Gasteiger partial charge in [-0.25, -0.2) is 18.1 Å². The van der Waals surface area contributed by atoms with E-state index < -0.39 is 34.4 Å². The number of hydrogen-bond donors (Lipinski definition) is 3. The fourth-order valence-corrected chi connectivity index (χ4v) is 5.33. The number of aromatic nitrogens is 1. The summed E-state index contributed by atoms with van der Waals surface area (Å²) < 4.78 is 33.6. The van der Waals surface area contributed by atoms with Crippen LogP contribution in [0.2, 0.25) is 0 Å². The first-order chi connectivity index (χ1) is 15.0. The number of rotatable bonds is 7. The summed E-state index contributed by atoms with van der Waals surface area (Å²) in [4.78, 5) is 8.85. The van der Waals surface area contributed by atoms with Gasteiger partial charge in [-0.05, 0) is 24.3 Å². The van der Waals surface area contributed by atoms with E-state index in [9.17, 15) is 18.6 Å². The first-order valence-electron chi connectivity index (χ1n) is 10.4. The fourth-order valence-electron chi connectivity index (χ4n) is 4.26. The van der Waals surface area contributed by atoms with Crippen molar-refractivity contribution in [3.8, 4) is 0 Å². The average molecular weight is 521 g/mol. The van der Waals surface area contributed by atoms with Crippen LogP contribution in [0.15, 0.2) is 59.6 Å². The highest BCUT2D eigenvalue weighted by molar-refractivity contribution is 7.89. The molecule has 0 spiro atoms. The van der Waals surface area contributed by atoms with E-state index in [-0.39, 0.29) is 42.9 Å². The number of ether oxygens (including phenoxy) is 1. The lowest BCUT2D eigenvalue weighted by Gasteiger charge is -2.40. The van der Waals surface area contributed by atoms with Crippen LogP contribution in [0.3, 0.4) is 0 Å². The Morgan fingerprint density at radius 1 is 1.00 bits per heavy atom. The number of piperazine rings is 1.